The molecule has 3 rings (SSSR count). The highest BCUT2D eigenvalue weighted by Crippen LogP contribution is 2.38. The summed E-state index contributed by atoms with van der Waals surface area (Å²) in [5.41, 5.74) is 1.39. The molecule has 11 heteroatoms. The van der Waals surface area contributed by atoms with Crippen LogP contribution in [0.5, 0.6) is 5.75 Å². The van der Waals surface area contributed by atoms with E-state index < -0.39 is 40.6 Å². The Morgan fingerprint density at radius 3 is 2.52 bits per heavy atom. The van der Waals surface area contributed by atoms with Gasteiger partial charge in [0, 0.05) is 29.9 Å². The Hall–Kier alpha value is -3.89. The third-order valence-corrected chi connectivity index (χ3v) is 5.01. The number of ether oxygens (including phenoxy) is 1. The Bertz CT molecular complexity index is 1160. The molecular weight excluding hydrogens is 441 g/mol. The molecule has 1 N–H and O–H groups in total. The Kier molecular flexibility index (Phi) is 7.00. The van der Waals surface area contributed by atoms with Gasteiger partial charge < -0.3 is 10.1 Å². The minimum Gasteiger partial charge on any atom is -0.483 e. The molecule has 0 unspecified atom stereocenters. The van der Waals surface area contributed by atoms with Crippen molar-refractivity contribution >= 4 is 11.6 Å². The van der Waals surface area contributed by atoms with Crippen LogP contribution in [0.25, 0.3) is 0 Å². The van der Waals surface area contributed by atoms with Crippen LogP contribution in [0.15, 0.2) is 48.5 Å². The van der Waals surface area contributed by atoms with Gasteiger partial charge in [-0.25, -0.2) is 0 Å². The molecule has 1 aromatic heterocycles. The van der Waals surface area contributed by atoms with Gasteiger partial charge in [0.25, 0.3) is 11.6 Å². The molecule has 0 aliphatic carbocycles. The van der Waals surface area contributed by atoms with Crippen LogP contribution in [0.2, 0.25) is 0 Å². The minimum absolute atomic E-state index is 0.126. The molecule has 0 fully saturated rings. The van der Waals surface area contributed by atoms with E-state index in [-0.39, 0.29) is 6.54 Å². The third-order valence-electron chi connectivity index (χ3n) is 5.01. The molecule has 1 heterocycles. The summed E-state index contributed by atoms with van der Waals surface area (Å²) in [7, 11) is 0. The van der Waals surface area contributed by atoms with E-state index in [1.165, 1.54) is 0 Å². The van der Waals surface area contributed by atoms with Gasteiger partial charge in [-0.05, 0) is 25.5 Å². The average molecular weight is 462 g/mol. The number of nitro benzene ring substituents is 1. The number of non-ortho nitro benzene ring substituents is 1. The van der Waals surface area contributed by atoms with E-state index in [0.717, 1.165) is 34.6 Å². The number of nitrogens with zero attached hydrogens (tertiary/aromatic N) is 3. The number of halogens is 3. The first-order chi connectivity index (χ1) is 15.6. The number of alkyl halides is 3. The van der Waals surface area contributed by atoms with Crippen LogP contribution < -0.4 is 10.1 Å². The quantitative estimate of drug-likeness (QED) is 0.400. The first-order valence-corrected chi connectivity index (χ1v) is 9.88. The molecule has 3 aromatic rings. The van der Waals surface area contributed by atoms with Crippen molar-refractivity contribution in [3.63, 3.8) is 0 Å². The van der Waals surface area contributed by atoms with Crippen LogP contribution in [-0.2, 0) is 24.1 Å². The van der Waals surface area contributed by atoms with Gasteiger partial charge in [-0.3, -0.25) is 19.6 Å². The van der Waals surface area contributed by atoms with Crippen molar-refractivity contribution in [1.82, 2.24) is 15.1 Å². The van der Waals surface area contributed by atoms with Gasteiger partial charge in [0.15, 0.2) is 6.61 Å². The highest BCUT2D eigenvalue weighted by atomic mass is 19.4. The molecule has 0 aliphatic heterocycles. The zero-order valence-electron chi connectivity index (χ0n) is 17.8. The largest absolute Gasteiger partial charge is 0.483 e. The number of nitrogens with one attached hydrogen (secondary N) is 1. The first kappa shape index (κ1) is 23.8. The number of hydrogen-bond donors (Lipinski definition) is 1. The predicted molar refractivity (Wildman–Crippen MR) is 113 cm³/mol. The van der Waals surface area contributed by atoms with Gasteiger partial charge in [-0.1, -0.05) is 30.3 Å². The lowest BCUT2D eigenvalue weighted by molar-refractivity contribution is -0.385. The number of nitro groups is 1. The molecule has 8 nitrogen and oxygen atoms in total. The van der Waals surface area contributed by atoms with E-state index in [0.29, 0.717) is 12.6 Å². The van der Waals surface area contributed by atoms with Crippen molar-refractivity contribution in [2.45, 2.75) is 33.1 Å². The Morgan fingerprint density at radius 2 is 1.88 bits per heavy atom. The summed E-state index contributed by atoms with van der Waals surface area (Å²) >= 11 is 0. The highest BCUT2D eigenvalue weighted by Gasteiger charge is 2.36. The molecular formula is C22H21F3N4O4. The van der Waals surface area contributed by atoms with Crippen LogP contribution in [0, 0.1) is 24.0 Å². The average Bonchev–Trinajstić information content (AvgIpc) is 3.03. The number of carbonyl (C=O) groups excluding carboxylic acids is 1. The Balaban J connectivity index is 1.63. The zero-order chi connectivity index (χ0) is 24.2. The molecule has 33 heavy (non-hydrogen) atoms. The number of hydrogen-bond acceptors (Lipinski definition) is 5. The number of benzene rings is 2. The molecule has 2 aromatic carbocycles. The van der Waals surface area contributed by atoms with E-state index >= 15 is 0 Å². The van der Waals surface area contributed by atoms with Gasteiger partial charge in [-0.2, -0.15) is 18.3 Å². The number of amides is 1. The fourth-order valence-corrected chi connectivity index (χ4v) is 3.26. The normalized spacial score (nSPS) is 11.3. The van der Waals surface area contributed by atoms with Gasteiger partial charge in [0.05, 0.1) is 17.2 Å². The second kappa shape index (κ2) is 9.72. The summed E-state index contributed by atoms with van der Waals surface area (Å²) in [5, 5.41) is 17.9. The number of aryl methyl sites for hydroxylation is 1. The number of rotatable bonds is 8. The third kappa shape index (κ3) is 5.88. The second-order valence-electron chi connectivity index (χ2n) is 7.29. The van der Waals surface area contributed by atoms with Crippen molar-refractivity contribution in [3.05, 3.63) is 86.7 Å². The summed E-state index contributed by atoms with van der Waals surface area (Å²) in [6, 6.07) is 11.8. The molecule has 0 spiro atoms. The molecule has 174 valence electrons. The lowest BCUT2D eigenvalue weighted by Crippen LogP contribution is -2.29. The summed E-state index contributed by atoms with van der Waals surface area (Å²) in [4.78, 5) is 22.0. The van der Waals surface area contributed by atoms with Crippen molar-refractivity contribution in [2.75, 3.05) is 6.61 Å². The van der Waals surface area contributed by atoms with Gasteiger partial charge >= 0.3 is 6.18 Å². The molecule has 0 saturated heterocycles. The standard InChI is InChI=1S/C22H21F3N4O4/c1-14-18(15(2)28(27-14)12-16-6-4-3-5-7-16)11-26-21(30)13-33-20-9-8-17(29(31)32)10-19(20)22(23,24)25/h3-10H,11-13H2,1-2H3,(H,26,30). The van der Waals surface area contributed by atoms with Crippen molar-refractivity contribution in [3.8, 4) is 5.75 Å². The second-order valence-corrected chi connectivity index (χ2v) is 7.29. The maximum atomic E-state index is 13.2. The summed E-state index contributed by atoms with van der Waals surface area (Å²) in [5.74, 6) is -1.30. The fourth-order valence-electron chi connectivity index (χ4n) is 3.26. The van der Waals surface area contributed by atoms with Crippen LogP contribution in [0.3, 0.4) is 0 Å². The molecule has 0 bridgehead atoms. The maximum Gasteiger partial charge on any atom is 0.420 e. The molecule has 0 saturated carbocycles. The first-order valence-electron chi connectivity index (χ1n) is 9.88. The van der Waals surface area contributed by atoms with Crippen molar-refractivity contribution in [2.24, 2.45) is 0 Å². The van der Waals surface area contributed by atoms with E-state index in [9.17, 15) is 28.1 Å². The topological polar surface area (TPSA) is 99.3 Å². The lowest BCUT2D eigenvalue weighted by atomic mass is 10.1. The van der Waals surface area contributed by atoms with Gasteiger partial charge in [-0.15, -0.1) is 0 Å². The van der Waals surface area contributed by atoms with Crippen LogP contribution >= 0.6 is 0 Å². The number of aromatic nitrogens is 2. The zero-order valence-corrected chi connectivity index (χ0v) is 17.8. The van der Waals surface area contributed by atoms with Crippen LogP contribution in [0.4, 0.5) is 18.9 Å². The summed E-state index contributed by atoms with van der Waals surface area (Å²) in [6.07, 6.45) is -4.88. The molecule has 0 aliphatic rings. The fraction of sp³-hybridized carbons (Fsp3) is 0.273. The maximum absolute atomic E-state index is 13.2. The molecule has 0 atom stereocenters. The monoisotopic (exact) mass is 462 g/mol. The van der Waals surface area contributed by atoms with Crippen molar-refractivity contribution in [1.29, 1.82) is 0 Å². The molecule has 1 amide bonds. The number of carbonyl (C=O) groups is 1. The highest BCUT2D eigenvalue weighted by molar-refractivity contribution is 5.77. The van der Waals surface area contributed by atoms with Crippen LogP contribution in [0.1, 0.15) is 28.1 Å². The lowest BCUT2D eigenvalue weighted by Gasteiger charge is -2.14. The predicted octanol–water partition coefficient (Wildman–Crippen LogP) is 4.17. The van der Waals surface area contributed by atoms with E-state index in [1.54, 1.807) is 6.92 Å². The Labute approximate surface area is 187 Å². The SMILES string of the molecule is Cc1nn(Cc2ccccc2)c(C)c1CNC(=O)COc1ccc([N+](=O)[O-])cc1C(F)(F)F. The van der Waals surface area contributed by atoms with E-state index in [4.69, 9.17) is 4.74 Å². The Morgan fingerprint density at radius 1 is 1.18 bits per heavy atom. The minimum atomic E-state index is -4.88. The smallest absolute Gasteiger partial charge is 0.420 e. The summed E-state index contributed by atoms with van der Waals surface area (Å²) in [6.45, 7) is 3.68. The van der Waals surface area contributed by atoms with Gasteiger partial charge in [0.2, 0.25) is 0 Å². The van der Waals surface area contributed by atoms with E-state index in [1.807, 2.05) is 41.9 Å². The molecule has 0 radical (unpaired) electrons. The van der Waals surface area contributed by atoms with Crippen LogP contribution in [-0.4, -0.2) is 27.2 Å². The van der Waals surface area contributed by atoms with E-state index in [2.05, 4.69) is 10.4 Å². The van der Waals surface area contributed by atoms with Gasteiger partial charge in [0.1, 0.15) is 11.3 Å². The van der Waals surface area contributed by atoms with Crippen molar-refractivity contribution < 1.29 is 27.6 Å². The summed E-state index contributed by atoms with van der Waals surface area (Å²) < 4.78 is 46.5.